The molecule has 86 valence electrons. The highest BCUT2D eigenvalue weighted by Crippen LogP contribution is 2.23. The van der Waals surface area contributed by atoms with Gasteiger partial charge in [-0.05, 0) is 13.3 Å². The van der Waals surface area contributed by atoms with Crippen molar-refractivity contribution in [3.05, 3.63) is 28.0 Å². The molecule has 2 rings (SSSR count). The van der Waals surface area contributed by atoms with Gasteiger partial charge in [0.25, 0.3) is 0 Å². The van der Waals surface area contributed by atoms with Gasteiger partial charge in [-0.1, -0.05) is 28.1 Å². The Morgan fingerprint density at radius 1 is 1.56 bits per heavy atom. The average molecular weight is 301 g/mol. The molecule has 0 aliphatic rings. The summed E-state index contributed by atoms with van der Waals surface area (Å²) >= 11 is 5.22. The summed E-state index contributed by atoms with van der Waals surface area (Å²) in [6.07, 6.45) is 2.98. The van der Waals surface area contributed by atoms with Gasteiger partial charge in [-0.15, -0.1) is 16.4 Å². The van der Waals surface area contributed by atoms with Crippen LogP contribution in [0.4, 0.5) is 0 Å². The average Bonchev–Trinajstić information content (AvgIpc) is 2.87. The van der Waals surface area contributed by atoms with Crippen LogP contribution in [0.3, 0.4) is 0 Å². The molecule has 6 heteroatoms. The lowest BCUT2D eigenvalue weighted by Crippen LogP contribution is -1.99. The minimum atomic E-state index is 0.291. The maximum atomic E-state index is 4.40. The second-order valence-corrected chi connectivity index (χ2v) is 5.65. The van der Waals surface area contributed by atoms with E-state index in [1.165, 1.54) is 0 Å². The second-order valence-electron chi connectivity index (χ2n) is 3.60. The predicted molar refractivity (Wildman–Crippen MR) is 67.9 cm³/mol. The first-order valence-corrected chi connectivity index (χ1v) is 6.93. The molecule has 2 heterocycles. The Morgan fingerprint density at radius 2 is 2.38 bits per heavy atom. The van der Waals surface area contributed by atoms with Crippen molar-refractivity contribution in [1.29, 1.82) is 0 Å². The second kappa shape index (κ2) is 5.05. The fourth-order valence-electron chi connectivity index (χ4n) is 1.36. The van der Waals surface area contributed by atoms with Crippen LogP contribution in [-0.2, 0) is 6.54 Å². The summed E-state index contributed by atoms with van der Waals surface area (Å²) < 4.78 is 1.83. The fraction of sp³-hybridized carbons (Fsp3) is 0.500. The van der Waals surface area contributed by atoms with E-state index in [0.717, 1.165) is 22.8 Å². The van der Waals surface area contributed by atoms with E-state index in [1.54, 1.807) is 11.3 Å². The Labute approximate surface area is 107 Å². The summed E-state index contributed by atoms with van der Waals surface area (Å²) in [5.41, 5.74) is 2.04. The fourth-order valence-corrected chi connectivity index (χ4v) is 2.33. The Hall–Kier alpha value is -0.750. The van der Waals surface area contributed by atoms with E-state index in [-0.39, 0.29) is 0 Å². The molecule has 16 heavy (non-hydrogen) atoms. The van der Waals surface area contributed by atoms with Crippen molar-refractivity contribution in [1.82, 2.24) is 20.0 Å². The number of rotatable bonds is 4. The number of nitrogens with zero attached hydrogens (tertiary/aromatic N) is 4. The number of aryl methyl sites for hydroxylation is 1. The van der Waals surface area contributed by atoms with Gasteiger partial charge in [0.15, 0.2) is 0 Å². The van der Waals surface area contributed by atoms with Gasteiger partial charge in [-0.3, -0.25) is 0 Å². The Morgan fingerprint density at radius 3 is 3.00 bits per heavy atom. The molecule has 0 bridgehead atoms. The summed E-state index contributed by atoms with van der Waals surface area (Å²) in [5, 5.41) is 11.3. The molecule has 0 saturated heterocycles. The molecule has 0 aliphatic carbocycles. The molecule has 0 spiro atoms. The monoisotopic (exact) mass is 300 g/mol. The molecule has 1 atom stereocenters. The van der Waals surface area contributed by atoms with Crippen LogP contribution >= 0.6 is 27.3 Å². The molecule has 0 saturated carbocycles. The van der Waals surface area contributed by atoms with Crippen LogP contribution < -0.4 is 0 Å². The topological polar surface area (TPSA) is 43.6 Å². The minimum absolute atomic E-state index is 0.291. The van der Waals surface area contributed by atoms with Gasteiger partial charge in [0.2, 0.25) is 0 Å². The Kier molecular flexibility index (Phi) is 3.70. The highest BCUT2D eigenvalue weighted by Gasteiger charge is 2.10. The molecular weight excluding hydrogens is 288 g/mol. The third-order valence-corrected chi connectivity index (χ3v) is 4.27. The number of halogens is 1. The zero-order valence-corrected chi connectivity index (χ0v) is 11.6. The summed E-state index contributed by atoms with van der Waals surface area (Å²) in [4.78, 5) is 4.69. The van der Waals surface area contributed by atoms with Crippen LogP contribution in [0.2, 0.25) is 0 Å². The molecule has 0 amide bonds. The van der Waals surface area contributed by atoms with Crippen molar-refractivity contribution in [2.45, 2.75) is 31.6 Å². The molecule has 1 unspecified atom stereocenters. The van der Waals surface area contributed by atoms with Gasteiger partial charge >= 0.3 is 0 Å². The largest absolute Gasteiger partial charge is 0.245 e. The highest BCUT2D eigenvalue weighted by molar-refractivity contribution is 9.09. The molecule has 0 aliphatic heterocycles. The van der Waals surface area contributed by atoms with Gasteiger partial charge in [0.05, 0.1) is 23.3 Å². The molecule has 2 aromatic heterocycles. The van der Waals surface area contributed by atoms with Crippen LogP contribution in [0.5, 0.6) is 0 Å². The lowest BCUT2D eigenvalue weighted by Gasteiger charge is -1.99. The standard InChI is InChI=1S/C10H13BrN4S/c1-3-8(11)9-4-15(14-13-9)5-10-12-7(2)6-16-10/h4,6,8H,3,5H2,1-2H3. The van der Waals surface area contributed by atoms with E-state index < -0.39 is 0 Å². The summed E-state index contributed by atoms with van der Waals surface area (Å²) in [6.45, 7) is 4.82. The molecule has 0 fully saturated rings. The summed E-state index contributed by atoms with van der Waals surface area (Å²) in [6, 6.07) is 0. The van der Waals surface area contributed by atoms with E-state index in [0.29, 0.717) is 11.4 Å². The normalized spacial score (nSPS) is 12.9. The highest BCUT2D eigenvalue weighted by atomic mass is 79.9. The molecule has 0 N–H and O–H groups in total. The Bertz CT molecular complexity index is 465. The number of hydrogen-bond donors (Lipinski definition) is 0. The number of hydrogen-bond acceptors (Lipinski definition) is 4. The molecule has 0 aromatic carbocycles. The maximum absolute atomic E-state index is 4.40. The van der Waals surface area contributed by atoms with Gasteiger partial charge in [0, 0.05) is 11.1 Å². The molecular formula is C10H13BrN4S. The van der Waals surface area contributed by atoms with Gasteiger partial charge in [-0.2, -0.15) is 0 Å². The van der Waals surface area contributed by atoms with Crippen LogP contribution in [0.25, 0.3) is 0 Å². The number of alkyl halides is 1. The van der Waals surface area contributed by atoms with Gasteiger partial charge in [0.1, 0.15) is 5.01 Å². The van der Waals surface area contributed by atoms with Crippen LogP contribution in [0.15, 0.2) is 11.6 Å². The zero-order valence-electron chi connectivity index (χ0n) is 9.22. The van der Waals surface area contributed by atoms with Crippen LogP contribution in [0, 0.1) is 6.92 Å². The number of aromatic nitrogens is 4. The van der Waals surface area contributed by atoms with Crippen LogP contribution in [0.1, 0.15) is 34.6 Å². The lowest BCUT2D eigenvalue weighted by molar-refractivity contribution is 0.645. The van der Waals surface area contributed by atoms with E-state index in [2.05, 4.69) is 38.1 Å². The van der Waals surface area contributed by atoms with E-state index in [1.807, 2.05) is 23.2 Å². The zero-order chi connectivity index (χ0) is 11.5. The quantitative estimate of drug-likeness (QED) is 0.816. The predicted octanol–water partition coefficient (Wildman–Crippen LogP) is 2.94. The first-order chi connectivity index (χ1) is 7.69. The Balaban J connectivity index is 2.08. The SMILES string of the molecule is CCC(Br)c1cn(Cc2nc(C)cs2)nn1. The third kappa shape index (κ3) is 2.68. The molecule has 4 nitrogen and oxygen atoms in total. The smallest absolute Gasteiger partial charge is 0.114 e. The first kappa shape index (κ1) is 11.7. The van der Waals surface area contributed by atoms with Crippen molar-refractivity contribution in [2.75, 3.05) is 0 Å². The van der Waals surface area contributed by atoms with Crippen molar-refractivity contribution < 1.29 is 0 Å². The van der Waals surface area contributed by atoms with Gasteiger partial charge < -0.3 is 0 Å². The summed E-state index contributed by atoms with van der Waals surface area (Å²) in [7, 11) is 0. The minimum Gasteiger partial charge on any atom is -0.245 e. The lowest BCUT2D eigenvalue weighted by atomic mass is 10.3. The van der Waals surface area contributed by atoms with Crippen LogP contribution in [-0.4, -0.2) is 20.0 Å². The molecule has 2 aromatic rings. The van der Waals surface area contributed by atoms with Crippen molar-refractivity contribution >= 4 is 27.3 Å². The van der Waals surface area contributed by atoms with Crippen molar-refractivity contribution in [3.63, 3.8) is 0 Å². The van der Waals surface area contributed by atoms with Crippen molar-refractivity contribution in [2.24, 2.45) is 0 Å². The van der Waals surface area contributed by atoms with E-state index in [4.69, 9.17) is 0 Å². The number of thiazole rings is 1. The van der Waals surface area contributed by atoms with E-state index in [9.17, 15) is 0 Å². The van der Waals surface area contributed by atoms with E-state index >= 15 is 0 Å². The third-order valence-electron chi connectivity index (χ3n) is 2.20. The first-order valence-electron chi connectivity index (χ1n) is 5.14. The van der Waals surface area contributed by atoms with Crippen molar-refractivity contribution in [3.8, 4) is 0 Å². The molecule has 0 radical (unpaired) electrons. The van der Waals surface area contributed by atoms with Gasteiger partial charge in [-0.25, -0.2) is 9.67 Å². The summed E-state index contributed by atoms with van der Waals surface area (Å²) in [5.74, 6) is 0. The maximum Gasteiger partial charge on any atom is 0.114 e.